The molecular weight excluding hydrogens is 256 g/mol. The molecule has 19 heavy (non-hydrogen) atoms. The Morgan fingerprint density at radius 1 is 1.47 bits per heavy atom. The van der Waals surface area contributed by atoms with Gasteiger partial charge in [0.15, 0.2) is 5.78 Å². The van der Waals surface area contributed by atoms with Crippen molar-refractivity contribution in [3.8, 4) is 0 Å². The molecule has 98 valence electrons. The van der Waals surface area contributed by atoms with Crippen molar-refractivity contribution in [1.29, 1.82) is 0 Å². The van der Waals surface area contributed by atoms with Crippen LogP contribution in [0.2, 0.25) is 0 Å². The second-order valence-corrected chi connectivity index (χ2v) is 5.90. The van der Waals surface area contributed by atoms with Gasteiger partial charge >= 0.3 is 0 Å². The fraction of sp³-hybridized carbons (Fsp3) is 0.333. The van der Waals surface area contributed by atoms with Crippen LogP contribution < -0.4 is 5.32 Å². The minimum Gasteiger partial charge on any atom is -0.303 e. The smallest absolute Gasteiger partial charge is 0.160 e. The highest BCUT2D eigenvalue weighted by atomic mass is 32.1. The van der Waals surface area contributed by atoms with Crippen LogP contribution in [-0.4, -0.2) is 17.3 Å². The summed E-state index contributed by atoms with van der Waals surface area (Å²) in [6, 6.07) is 8.03. The van der Waals surface area contributed by atoms with E-state index in [2.05, 4.69) is 22.4 Å². The van der Waals surface area contributed by atoms with Gasteiger partial charge in [-0.3, -0.25) is 4.79 Å². The van der Waals surface area contributed by atoms with Crippen molar-refractivity contribution in [2.75, 3.05) is 6.54 Å². The Morgan fingerprint density at radius 2 is 2.32 bits per heavy atom. The van der Waals surface area contributed by atoms with E-state index in [1.807, 2.05) is 24.4 Å². The lowest BCUT2D eigenvalue weighted by molar-refractivity contribution is -0.120. The lowest BCUT2D eigenvalue weighted by Gasteiger charge is -2.25. The van der Waals surface area contributed by atoms with Gasteiger partial charge in [0.1, 0.15) is 0 Å². The Labute approximate surface area is 116 Å². The van der Waals surface area contributed by atoms with Gasteiger partial charge in [-0.05, 0) is 24.5 Å². The topological polar surface area (TPSA) is 42.0 Å². The van der Waals surface area contributed by atoms with E-state index in [4.69, 9.17) is 0 Å². The van der Waals surface area contributed by atoms with Gasteiger partial charge in [-0.2, -0.15) is 0 Å². The molecule has 0 fully saturated rings. The standard InChI is InChI=1S/C15H16N2OS/c1-10-17-12(9-19-10)8-14(18)15-13-5-3-2-4-11(13)6-7-16-15/h2-5,9,15-16H,6-8H2,1H3. The summed E-state index contributed by atoms with van der Waals surface area (Å²) < 4.78 is 0. The third-order valence-corrected chi connectivity index (χ3v) is 4.28. The van der Waals surface area contributed by atoms with Gasteiger partial charge in [0.25, 0.3) is 0 Å². The SMILES string of the molecule is Cc1nc(CC(=O)C2NCCc3ccccc32)cs1. The highest BCUT2D eigenvalue weighted by Gasteiger charge is 2.25. The van der Waals surface area contributed by atoms with E-state index in [9.17, 15) is 4.79 Å². The minimum atomic E-state index is -0.174. The number of thiazole rings is 1. The number of ketones is 1. The molecule has 0 spiro atoms. The Morgan fingerprint density at radius 3 is 3.11 bits per heavy atom. The Balaban J connectivity index is 1.81. The maximum absolute atomic E-state index is 12.4. The van der Waals surface area contributed by atoms with Crippen LogP contribution >= 0.6 is 11.3 Å². The molecule has 0 aliphatic carbocycles. The van der Waals surface area contributed by atoms with Crippen molar-refractivity contribution in [1.82, 2.24) is 10.3 Å². The number of nitrogens with zero attached hydrogens (tertiary/aromatic N) is 1. The lowest BCUT2D eigenvalue weighted by atomic mass is 9.91. The average molecular weight is 272 g/mol. The van der Waals surface area contributed by atoms with Crippen molar-refractivity contribution < 1.29 is 4.79 Å². The zero-order valence-electron chi connectivity index (χ0n) is 10.8. The Kier molecular flexibility index (Phi) is 3.44. The molecule has 0 amide bonds. The summed E-state index contributed by atoms with van der Waals surface area (Å²) in [5.74, 6) is 0.206. The van der Waals surface area contributed by atoms with E-state index in [0.29, 0.717) is 6.42 Å². The fourth-order valence-electron chi connectivity index (χ4n) is 2.56. The molecule has 0 radical (unpaired) electrons. The number of hydrogen-bond donors (Lipinski definition) is 1. The zero-order chi connectivity index (χ0) is 13.2. The van der Waals surface area contributed by atoms with Crippen LogP contribution in [0.3, 0.4) is 0 Å². The predicted molar refractivity (Wildman–Crippen MR) is 76.5 cm³/mol. The van der Waals surface area contributed by atoms with E-state index in [-0.39, 0.29) is 11.8 Å². The normalized spacial score (nSPS) is 18.1. The van der Waals surface area contributed by atoms with Crippen molar-refractivity contribution in [2.45, 2.75) is 25.8 Å². The summed E-state index contributed by atoms with van der Waals surface area (Å²) in [7, 11) is 0. The third-order valence-electron chi connectivity index (χ3n) is 3.45. The van der Waals surface area contributed by atoms with E-state index >= 15 is 0 Å². The number of benzene rings is 1. The van der Waals surface area contributed by atoms with E-state index in [0.717, 1.165) is 29.2 Å². The number of nitrogens with one attached hydrogen (secondary N) is 1. The number of aryl methyl sites for hydroxylation is 1. The second-order valence-electron chi connectivity index (χ2n) is 4.84. The van der Waals surface area contributed by atoms with Crippen molar-refractivity contribution >= 4 is 17.1 Å². The molecule has 0 saturated carbocycles. The molecule has 1 atom stereocenters. The summed E-state index contributed by atoms with van der Waals surface area (Å²) in [4.78, 5) is 16.8. The van der Waals surface area contributed by atoms with Gasteiger partial charge in [-0.25, -0.2) is 4.98 Å². The molecule has 2 aromatic rings. The molecule has 0 saturated heterocycles. The first-order chi connectivity index (χ1) is 9.24. The molecule has 0 bridgehead atoms. The van der Waals surface area contributed by atoms with Crippen LogP contribution in [-0.2, 0) is 17.6 Å². The van der Waals surface area contributed by atoms with Crippen LogP contribution in [0.15, 0.2) is 29.6 Å². The third kappa shape index (κ3) is 2.60. The molecular formula is C15H16N2OS. The maximum atomic E-state index is 12.4. The maximum Gasteiger partial charge on any atom is 0.160 e. The number of carbonyl (C=O) groups excluding carboxylic acids is 1. The van der Waals surface area contributed by atoms with Gasteiger partial charge in [0.2, 0.25) is 0 Å². The summed E-state index contributed by atoms with van der Waals surface area (Å²) in [5, 5.41) is 6.32. The van der Waals surface area contributed by atoms with E-state index in [1.165, 1.54) is 5.56 Å². The first-order valence-electron chi connectivity index (χ1n) is 6.49. The van der Waals surface area contributed by atoms with Crippen molar-refractivity contribution in [3.05, 3.63) is 51.5 Å². The fourth-order valence-corrected chi connectivity index (χ4v) is 3.17. The molecule has 1 aliphatic rings. The molecule has 2 heterocycles. The number of fused-ring (bicyclic) bond motifs is 1. The molecule has 1 aliphatic heterocycles. The zero-order valence-corrected chi connectivity index (χ0v) is 11.7. The minimum absolute atomic E-state index is 0.174. The molecule has 1 N–H and O–H groups in total. The van der Waals surface area contributed by atoms with Crippen molar-refractivity contribution in [2.24, 2.45) is 0 Å². The Bertz CT molecular complexity index is 606. The summed E-state index contributed by atoms with van der Waals surface area (Å²) in [5.41, 5.74) is 3.30. The highest BCUT2D eigenvalue weighted by Crippen LogP contribution is 2.24. The van der Waals surface area contributed by atoms with E-state index in [1.54, 1.807) is 11.3 Å². The number of Topliss-reactive ketones (excluding diaryl/α,β-unsaturated/α-hetero) is 1. The number of hydrogen-bond acceptors (Lipinski definition) is 4. The largest absolute Gasteiger partial charge is 0.303 e. The summed E-state index contributed by atoms with van der Waals surface area (Å²) >= 11 is 1.59. The number of carbonyl (C=O) groups is 1. The van der Waals surface area contributed by atoms with Crippen LogP contribution in [0, 0.1) is 6.92 Å². The van der Waals surface area contributed by atoms with Crippen LogP contribution in [0.5, 0.6) is 0 Å². The van der Waals surface area contributed by atoms with Crippen LogP contribution in [0.25, 0.3) is 0 Å². The van der Waals surface area contributed by atoms with Crippen LogP contribution in [0.1, 0.15) is 27.9 Å². The van der Waals surface area contributed by atoms with Crippen LogP contribution in [0.4, 0.5) is 0 Å². The van der Waals surface area contributed by atoms with Gasteiger partial charge < -0.3 is 5.32 Å². The highest BCUT2D eigenvalue weighted by molar-refractivity contribution is 7.09. The molecule has 4 heteroatoms. The Hall–Kier alpha value is -1.52. The molecule has 1 aromatic heterocycles. The first kappa shape index (κ1) is 12.5. The molecule has 3 nitrogen and oxygen atoms in total. The monoisotopic (exact) mass is 272 g/mol. The van der Waals surface area contributed by atoms with E-state index < -0.39 is 0 Å². The van der Waals surface area contributed by atoms with Crippen molar-refractivity contribution in [3.63, 3.8) is 0 Å². The first-order valence-corrected chi connectivity index (χ1v) is 7.37. The van der Waals surface area contributed by atoms with Gasteiger partial charge in [0, 0.05) is 11.9 Å². The number of aromatic nitrogens is 1. The van der Waals surface area contributed by atoms with Gasteiger partial charge in [-0.15, -0.1) is 11.3 Å². The van der Waals surface area contributed by atoms with Gasteiger partial charge in [-0.1, -0.05) is 24.3 Å². The second kappa shape index (κ2) is 5.23. The predicted octanol–water partition coefficient (Wildman–Crippen LogP) is 2.45. The summed E-state index contributed by atoms with van der Waals surface area (Å²) in [6.45, 7) is 2.83. The molecule has 1 aromatic carbocycles. The lowest BCUT2D eigenvalue weighted by Crippen LogP contribution is -2.35. The number of rotatable bonds is 3. The summed E-state index contributed by atoms with van der Waals surface area (Å²) in [6.07, 6.45) is 1.41. The molecule has 1 unspecified atom stereocenters. The quantitative estimate of drug-likeness (QED) is 0.933. The molecule has 3 rings (SSSR count). The van der Waals surface area contributed by atoms with Gasteiger partial charge in [0.05, 0.1) is 23.2 Å². The average Bonchev–Trinajstić information content (AvgIpc) is 2.83.